The molecule has 0 N–H and O–H groups in total. The van der Waals surface area contributed by atoms with Crippen molar-refractivity contribution in [3.8, 4) is 0 Å². The first-order valence-corrected chi connectivity index (χ1v) is 7.05. The van der Waals surface area contributed by atoms with Crippen LogP contribution in [-0.4, -0.2) is 42.3 Å². The molecule has 2 heteroatoms. The van der Waals surface area contributed by atoms with Crippen molar-refractivity contribution >= 4 is 29.6 Å². The molecule has 0 spiro atoms. The van der Waals surface area contributed by atoms with Crippen LogP contribution in [0.4, 0.5) is 0 Å². The summed E-state index contributed by atoms with van der Waals surface area (Å²) >= 11 is 0. The Morgan fingerprint density at radius 3 is 1.69 bits per heavy atom. The summed E-state index contributed by atoms with van der Waals surface area (Å²) in [5.41, 5.74) is 0. The van der Waals surface area contributed by atoms with Gasteiger partial charge in [0, 0.05) is 0 Å². The van der Waals surface area contributed by atoms with Crippen molar-refractivity contribution in [1.29, 1.82) is 0 Å². The molecule has 0 aromatic carbocycles. The molecule has 1 rings (SSSR count). The topological polar surface area (TPSA) is 12.5 Å². The van der Waals surface area contributed by atoms with Crippen LogP contribution in [0.1, 0.15) is 77.6 Å². The summed E-state index contributed by atoms with van der Waals surface area (Å²) in [5, 5.41) is 0. The van der Waals surface area contributed by atoms with Gasteiger partial charge in [0.25, 0.3) is 0 Å². The number of hydrogen-bond donors (Lipinski definition) is 0. The summed E-state index contributed by atoms with van der Waals surface area (Å²) in [6.45, 7) is 3.32. The second-order valence-corrected chi connectivity index (χ2v) is 4.93. The standard InChI is InChI=1S/C14H28O.Na.H/c1-2-3-4-5-6-7-8-9-10-11-12-14-13-15-14;;/h14H,2-13H2,1H3;;. The van der Waals surface area contributed by atoms with Crippen LogP contribution in [0.5, 0.6) is 0 Å². The van der Waals surface area contributed by atoms with Crippen molar-refractivity contribution in [3.63, 3.8) is 0 Å². The van der Waals surface area contributed by atoms with E-state index in [0.29, 0.717) is 6.10 Å². The average Bonchev–Trinajstić information content (AvgIpc) is 3.05. The van der Waals surface area contributed by atoms with Gasteiger partial charge >= 0.3 is 29.6 Å². The molecule has 92 valence electrons. The Hall–Kier alpha value is 0.960. The summed E-state index contributed by atoms with van der Waals surface area (Å²) in [5.74, 6) is 0. The molecule has 0 bridgehead atoms. The third-order valence-electron chi connectivity index (χ3n) is 3.28. The van der Waals surface area contributed by atoms with Crippen LogP contribution in [0.3, 0.4) is 0 Å². The fourth-order valence-corrected chi connectivity index (χ4v) is 2.09. The maximum atomic E-state index is 5.19. The molecule has 0 aromatic heterocycles. The van der Waals surface area contributed by atoms with Crippen LogP contribution < -0.4 is 0 Å². The van der Waals surface area contributed by atoms with E-state index >= 15 is 0 Å². The van der Waals surface area contributed by atoms with Gasteiger partial charge in [-0.05, 0) is 6.42 Å². The number of ether oxygens (including phenoxy) is 1. The average molecular weight is 236 g/mol. The van der Waals surface area contributed by atoms with Crippen molar-refractivity contribution in [2.75, 3.05) is 6.61 Å². The normalized spacial score (nSPS) is 18.2. The van der Waals surface area contributed by atoms with Gasteiger partial charge in [-0.15, -0.1) is 0 Å². The molecule has 0 saturated carbocycles. The molecule has 1 unspecified atom stereocenters. The second kappa shape index (κ2) is 12.4. The van der Waals surface area contributed by atoms with Crippen molar-refractivity contribution in [2.45, 2.75) is 83.7 Å². The van der Waals surface area contributed by atoms with Gasteiger partial charge in [0.2, 0.25) is 0 Å². The number of epoxide rings is 1. The first-order chi connectivity index (χ1) is 7.43. The van der Waals surface area contributed by atoms with Gasteiger partial charge in [-0.2, -0.15) is 0 Å². The molecule has 1 aliphatic heterocycles. The van der Waals surface area contributed by atoms with E-state index in [9.17, 15) is 0 Å². The minimum absolute atomic E-state index is 0. The summed E-state index contributed by atoms with van der Waals surface area (Å²) in [6, 6.07) is 0. The fraction of sp³-hybridized carbons (Fsp3) is 1.00. The summed E-state index contributed by atoms with van der Waals surface area (Å²) in [7, 11) is 0. The zero-order chi connectivity index (χ0) is 10.8. The first-order valence-electron chi connectivity index (χ1n) is 7.05. The van der Waals surface area contributed by atoms with Crippen molar-refractivity contribution in [1.82, 2.24) is 0 Å². The quantitative estimate of drug-likeness (QED) is 0.299. The molecule has 1 aliphatic rings. The molecule has 0 aliphatic carbocycles. The fourth-order valence-electron chi connectivity index (χ4n) is 2.09. The first kappa shape index (κ1) is 17.0. The van der Waals surface area contributed by atoms with E-state index in [1.54, 1.807) is 0 Å². The van der Waals surface area contributed by atoms with Gasteiger partial charge < -0.3 is 4.74 Å². The molecule has 0 amide bonds. The monoisotopic (exact) mass is 236 g/mol. The summed E-state index contributed by atoms with van der Waals surface area (Å²) in [6.07, 6.45) is 16.3. The minimum atomic E-state index is 0. The molecule has 0 aromatic rings. The molecular formula is C14H29NaO. The Balaban J connectivity index is 0.00000225. The molecule has 1 atom stereocenters. The van der Waals surface area contributed by atoms with Crippen molar-refractivity contribution < 1.29 is 4.74 Å². The molecule has 1 saturated heterocycles. The van der Waals surface area contributed by atoms with E-state index < -0.39 is 0 Å². The van der Waals surface area contributed by atoms with Gasteiger partial charge in [-0.25, -0.2) is 0 Å². The van der Waals surface area contributed by atoms with Gasteiger partial charge in [0.05, 0.1) is 12.7 Å². The molecular weight excluding hydrogens is 207 g/mol. The Morgan fingerprint density at radius 2 is 1.25 bits per heavy atom. The number of hydrogen-bond acceptors (Lipinski definition) is 1. The van der Waals surface area contributed by atoms with Gasteiger partial charge in [0.1, 0.15) is 0 Å². The number of rotatable bonds is 11. The third kappa shape index (κ3) is 11.4. The second-order valence-electron chi connectivity index (χ2n) is 4.93. The Bertz CT molecular complexity index is 135. The van der Waals surface area contributed by atoms with Crippen LogP contribution >= 0.6 is 0 Å². The Labute approximate surface area is 124 Å². The van der Waals surface area contributed by atoms with Crippen molar-refractivity contribution in [3.05, 3.63) is 0 Å². The van der Waals surface area contributed by atoms with E-state index in [1.807, 2.05) is 0 Å². The van der Waals surface area contributed by atoms with Gasteiger partial charge in [0.15, 0.2) is 0 Å². The van der Waals surface area contributed by atoms with Crippen molar-refractivity contribution in [2.24, 2.45) is 0 Å². The van der Waals surface area contributed by atoms with Gasteiger partial charge in [-0.1, -0.05) is 71.1 Å². The zero-order valence-corrected chi connectivity index (χ0v) is 10.5. The van der Waals surface area contributed by atoms with Crippen LogP contribution in [0.2, 0.25) is 0 Å². The third-order valence-corrected chi connectivity index (χ3v) is 3.28. The SMILES string of the molecule is CCCCCCCCCCCCC1CO1.[NaH]. The number of unbranched alkanes of at least 4 members (excludes halogenated alkanes) is 9. The predicted octanol–water partition coefficient (Wildman–Crippen LogP) is 4.05. The molecule has 1 heterocycles. The summed E-state index contributed by atoms with van der Waals surface area (Å²) in [4.78, 5) is 0. The molecule has 16 heavy (non-hydrogen) atoms. The molecule has 1 nitrogen and oxygen atoms in total. The predicted molar refractivity (Wildman–Crippen MR) is 73.4 cm³/mol. The van der Waals surface area contributed by atoms with E-state index in [0.717, 1.165) is 6.61 Å². The maximum absolute atomic E-state index is 5.19. The Morgan fingerprint density at radius 1 is 0.812 bits per heavy atom. The molecule has 0 radical (unpaired) electrons. The Kier molecular flexibility index (Phi) is 13.2. The van der Waals surface area contributed by atoms with Crippen LogP contribution in [0.15, 0.2) is 0 Å². The van der Waals surface area contributed by atoms with Crippen LogP contribution in [-0.2, 0) is 4.74 Å². The van der Waals surface area contributed by atoms with Crippen LogP contribution in [0, 0.1) is 0 Å². The summed E-state index contributed by atoms with van der Waals surface area (Å²) < 4.78 is 5.19. The zero-order valence-electron chi connectivity index (χ0n) is 10.5. The van der Waals surface area contributed by atoms with Crippen LogP contribution in [0.25, 0.3) is 0 Å². The van der Waals surface area contributed by atoms with Gasteiger partial charge in [-0.3, -0.25) is 0 Å². The van der Waals surface area contributed by atoms with E-state index in [-0.39, 0.29) is 29.6 Å². The molecule has 1 fully saturated rings. The van der Waals surface area contributed by atoms with E-state index in [1.165, 1.54) is 70.6 Å². The van der Waals surface area contributed by atoms with E-state index in [4.69, 9.17) is 4.74 Å². The van der Waals surface area contributed by atoms with E-state index in [2.05, 4.69) is 6.92 Å².